The van der Waals surface area contributed by atoms with Gasteiger partial charge in [-0.3, -0.25) is 9.63 Å². The molecule has 0 aromatic heterocycles. The average molecular weight is 356 g/mol. The minimum Gasteiger partial charge on any atom is -0.461 e. The van der Waals surface area contributed by atoms with Gasteiger partial charge in [-0.05, 0) is 24.0 Å². The fraction of sp³-hybridized carbons (Fsp3) is 0.381. The van der Waals surface area contributed by atoms with Crippen molar-refractivity contribution in [3.63, 3.8) is 0 Å². The van der Waals surface area contributed by atoms with Gasteiger partial charge in [0.25, 0.3) is 0 Å². The molecule has 26 heavy (non-hydrogen) atoms. The third-order valence-corrected chi connectivity index (χ3v) is 4.19. The second-order valence-corrected chi connectivity index (χ2v) is 6.40. The summed E-state index contributed by atoms with van der Waals surface area (Å²) >= 11 is 0. The van der Waals surface area contributed by atoms with Crippen LogP contribution in [0, 0.1) is 5.92 Å². The number of ether oxygens (including phenoxy) is 1. The Morgan fingerprint density at radius 2 is 1.54 bits per heavy atom. The van der Waals surface area contributed by atoms with Gasteiger partial charge in [-0.15, -0.1) is 0 Å². The first kappa shape index (κ1) is 20.1. The van der Waals surface area contributed by atoms with Gasteiger partial charge in [0.05, 0.1) is 12.5 Å². The lowest BCUT2D eigenvalue weighted by Gasteiger charge is -2.18. The number of nitrogens with one attached hydrogen (secondary N) is 1. The van der Waals surface area contributed by atoms with Crippen LogP contribution in [0.5, 0.6) is 0 Å². The number of hydroxylamine groups is 1. The van der Waals surface area contributed by atoms with E-state index in [0.29, 0.717) is 26.2 Å². The minimum absolute atomic E-state index is 0.00286. The molecule has 2 atom stereocenters. The molecule has 0 radical (unpaired) electrons. The van der Waals surface area contributed by atoms with E-state index in [1.165, 1.54) is 0 Å². The van der Waals surface area contributed by atoms with E-state index in [4.69, 9.17) is 15.3 Å². The fourth-order valence-electron chi connectivity index (χ4n) is 2.48. The molecule has 0 spiro atoms. The quantitative estimate of drug-likeness (QED) is 0.478. The van der Waals surface area contributed by atoms with Crippen molar-refractivity contribution in [2.75, 3.05) is 6.54 Å². The van der Waals surface area contributed by atoms with Gasteiger partial charge in [0, 0.05) is 12.6 Å². The summed E-state index contributed by atoms with van der Waals surface area (Å²) in [5.74, 6) is -0.362. The SMILES string of the molecule is C[C@@H](CC[C@H](CN)NOCc1ccccc1)C(=O)OCc1ccccc1. The average Bonchev–Trinajstić information content (AvgIpc) is 2.70. The van der Waals surface area contributed by atoms with Crippen LogP contribution in [0.1, 0.15) is 30.9 Å². The largest absolute Gasteiger partial charge is 0.461 e. The van der Waals surface area contributed by atoms with Crippen molar-refractivity contribution in [2.45, 2.75) is 39.0 Å². The van der Waals surface area contributed by atoms with Crippen molar-refractivity contribution < 1.29 is 14.4 Å². The monoisotopic (exact) mass is 356 g/mol. The summed E-state index contributed by atoms with van der Waals surface area (Å²) in [6.45, 7) is 3.11. The lowest BCUT2D eigenvalue weighted by molar-refractivity contribution is -0.149. The van der Waals surface area contributed by atoms with Crippen molar-refractivity contribution in [1.29, 1.82) is 0 Å². The van der Waals surface area contributed by atoms with E-state index in [-0.39, 0.29) is 17.9 Å². The van der Waals surface area contributed by atoms with Crippen LogP contribution in [0.3, 0.4) is 0 Å². The molecule has 2 aromatic carbocycles. The molecule has 0 fully saturated rings. The number of carbonyl (C=O) groups excluding carboxylic acids is 1. The first-order valence-electron chi connectivity index (χ1n) is 9.01. The summed E-state index contributed by atoms with van der Waals surface area (Å²) in [6.07, 6.45) is 1.43. The normalized spacial score (nSPS) is 13.2. The maximum Gasteiger partial charge on any atom is 0.308 e. The van der Waals surface area contributed by atoms with Crippen LogP contribution in [0.4, 0.5) is 0 Å². The molecule has 140 valence electrons. The highest BCUT2D eigenvalue weighted by Crippen LogP contribution is 2.12. The van der Waals surface area contributed by atoms with Crippen LogP contribution in [-0.4, -0.2) is 18.6 Å². The molecule has 0 aliphatic heterocycles. The highest BCUT2D eigenvalue weighted by atomic mass is 16.6. The van der Waals surface area contributed by atoms with Crippen molar-refractivity contribution in [1.82, 2.24) is 5.48 Å². The fourth-order valence-corrected chi connectivity index (χ4v) is 2.48. The van der Waals surface area contributed by atoms with E-state index in [1.54, 1.807) is 0 Å². The molecule has 0 saturated carbocycles. The molecule has 3 N–H and O–H groups in total. The third kappa shape index (κ3) is 7.35. The number of nitrogens with two attached hydrogens (primary N) is 1. The van der Waals surface area contributed by atoms with Crippen molar-refractivity contribution in [3.05, 3.63) is 71.8 Å². The molecule has 0 aliphatic rings. The van der Waals surface area contributed by atoms with Gasteiger partial charge in [-0.2, -0.15) is 5.48 Å². The molecule has 0 saturated heterocycles. The molecule has 2 rings (SSSR count). The highest BCUT2D eigenvalue weighted by molar-refractivity contribution is 5.71. The van der Waals surface area contributed by atoms with Gasteiger partial charge in [0.2, 0.25) is 0 Å². The van der Waals surface area contributed by atoms with Crippen molar-refractivity contribution >= 4 is 5.97 Å². The Kier molecular flexibility index (Phi) is 8.83. The Labute approximate surface area is 155 Å². The number of carbonyl (C=O) groups is 1. The molecule has 0 aliphatic carbocycles. The van der Waals surface area contributed by atoms with Gasteiger partial charge in [-0.25, -0.2) is 0 Å². The van der Waals surface area contributed by atoms with Gasteiger partial charge in [-0.1, -0.05) is 67.6 Å². The summed E-state index contributed by atoms with van der Waals surface area (Å²) < 4.78 is 5.37. The van der Waals surface area contributed by atoms with E-state index in [9.17, 15) is 4.79 Å². The number of rotatable bonds is 11. The van der Waals surface area contributed by atoms with E-state index in [2.05, 4.69) is 5.48 Å². The zero-order chi connectivity index (χ0) is 18.6. The second kappa shape index (κ2) is 11.4. The summed E-state index contributed by atoms with van der Waals surface area (Å²) in [4.78, 5) is 17.6. The zero-order valence-corrected chi connectivity index (χ0v) is 15.3. The van der Waals surface area contributed by atoms with Gasteiger partial charge in [0.1, 0.15) is 6.61 Å². The second-order valence-electron chi connectivity index (χ2n) is 6.40. The molecule has 0 amide bonds. The topological polar surface area (TPSA) is 73.6 Å². The van der Waals surface area contributed by atoms with E-state index < -0.39 is 0 Å². The van der Waals surface area contributed by atoms with Gasteiger partial charge in [0.15, 0.2) is 0 Å². The molecule has 5 nitrogen and oxygen atoms in total. The molecule has 0 unspecified atom stereocenters. The maximum absolute atomic E-state index is 12.1. The number of hydrogen-bond donors (Lipinski definition) is 2. The highest BCUT2D eigenvalue weighted by Gasteiger charge is 2.17. The summed E-state index contributed by atoms with van der Waals surface area (Å²) in [5.41, 5.74) is 10.9. The van der Waals surface area contributed by atoms with Crippen LogP contribution < -0.4 is 11.2 Å². The van der Waals surface area contributed by atoms with Crippen LogP contribution in [0.2, 0.25) is 0 Å². The molecule has 0 bridgehead atoms. The van der Waals surface area contributed by atoms with Crippen molar-refractivity contribution in [3.8, 4) is 0 Å². The predicted molar refractivity (Wildman–Crippen MR) is 102 cm³/mol. The Bertz CT molecular complexity index is 634. The van der Waals surface area contributed by atoms with E-state index >= 15 is 0 Å². The van der Waals surface area contributed by atoms with Crippen LogP contribution in [0.15, 0.2) is 60.7 Å². The predicted octanol–water partition coefficient (Wildman–Crippen LogP) is 3.19. The minimum atomic E-state index is -0.185. The third-order valence-electron chi connectivity index (χ3n) is 4.19. The van der Waals surface area contributed by atoms with Crippen LogP contribution in [-0.2, 0) is 27.6 Å². The zero-order valence-electron chi connectivity index (χ0n) is 15.3. The standard InChI is InChI=1S/C21H28N2O3/c1-17(21(24)25-15-18-8-4-2-5-9-18)12-13-20(14-22)23-26-16-19-10-6-3-7-11-19/h2-11,17,20,23H,12-16,22H2,1H3/t17-,20+/m0/s1. The Morgan fingerprint density at radius 3 is 2.12 bits per heavy atom. The smallest absolute Gasteiger partial charge is 0.308 e. The first-order valence-corrected chi connectivity index (χ1v) is 9.01. The lowest BCUT2D eigenvalue weighted by Crippen LogP contribution is -2.36. The molecule has 5 heteroatoms. The van der Waals surface area contributed by atoms with Gasteiger partial charge >= 0.3 is 5.97 Å². The van der Waals surface area contributed by atoms with Crippen LogP contribution >= 0.6 is 0 Å². The maximum atomic E-state index is 12.1. The number of esters is 1. The first-order chi connectivity index (χ1) is 12.7. The lowest BCUT2D eigenvalue weighted by atomic mass is 10.0. The van der Waals surface area contributed by atoms with E-state index in [0.717, 1.165) is 17.5 Å². The summed E-state index contributed by atoms with van der Waals surface area (Å²) in [7, 11) is 0. The number of hydrogen-bond acceptors (Lipinski definition) is 5. The Morgan fingerprint density at radius 1 is 0.962 bits per heavy atom. The molecular weight excluding hydrogens is 328 g/mol. The Balaban J connectivity index is 1.65. The summed E-state index contributed by atoms with van der Waals surface area (Å²) in [6, 6.07) is 19.6. The molecule has 2 aromatic rings. The number of benzene rings is 2. The molecule has 0 heterocycles. The Hall–Kier alpha value is -2.21. The van der Waals surface area contributed by atoms with Crippen LogP contribution in [0.25, 0.3) is 0 Å². The molecular formula is C21H28N2O3. The van der Waals surface area contributed by atoms with Gasteiger partial charge < -0.3 is 10.5 Å². The van der Waals surface area contributed by atoms with E-state index in [1.807, 2.05) is 67.6 Å². The van der Waals surface area contributed by atoms with Crippen molar-refractivity contribution in [2.24, 2.45) is 11.7 Å². The summed E-state index contributed by atoms with van der Waals surface area (Å²) in [5, 5.41) is 0.